The van der Waals surface area contributed by atoms with E-state index in [1.54, 1.807) is 0 Å². The first-order chi connectivity index (χ1) is 35.5. The van der Waals surface area contributed by atoms with Crippen LogP contribution in [0.4, 0.5) is 0 Å². The van der Waals surface area contributed by atoms with Crippen LogP contribution in [0.3, 0.4) is 0 Å². The number of carbonyl (C=O) groups is 4. The number of aliphatic hydroxyl groups excluding tert-OH is 9. The summed E-state index contributed by atoms with van der Waals surface area (Å²) in [5, 5.41) is 109. The van der Waals surface area contributed by atoms with E-state index in [0.29, 0.717) is 6.42 Å². The number of ether oxygens (including phenoxy) is 7. The molecule has 4 amide bonds. The van der Waals surface area contributed by atoms with Crippen molar-refractivity contribution >= 4 is 34.0 Å². The second kappa shape index (κ2) is 31.6. The lowest BCUT2D eigenvalue weighted by Crippen LogP contribution is -2.71. The largest absolute Gasteiger partial charge is 0.397 e. The molecule has 4 aliphatic heterocycles. The van der Waals surface area contributed by atoms with Crippen molar-refractivity contribution < 1.29 is 115 Å². The maximum atomic E-state index is 13.3. The predicted molar refractivity (Wildman–Crippen MR) is 255 cm³/mol. The normalized spacial score (nSPS) is 36.3. The highest BCUT2D eigenvalue weighted by molar-refractivity contribution is 7.80. The Kier molecular flexibility index (Phi) is 27.3. The van der Waals surface area contributed by atoms with Gasteiger partial charge in [0, 0.05) is 27.2 Å². The Hall–Kier alpha value is -2.89. The van der Waals surface area contributed by atoms with Gasteiger partial charge >= 0.3 is 10.4 Å². The number of amides is 4. The van der Waals surface area contributed by atoms with Crippen LogP contribution in [0, 0.1) is 0 Å². The fraction of sp³-hybridized carbons (Fsp3) is 0.913. The standard InChI is InChI=1S/C46H82N4O24S/c1-5-6-7-8-9-10-11-12-13-14-15-16-17-18-30(57)50-32-36(59)35(58)26(19-51)69-44(32)72-40-27(20-52)70-45(33(38(40)61)48-24(3)55)73-41-28(21-53)71-46(34(39(41)62)49-25(4)56)74-42-29(22-67-75(64,65)66)68-43(63)31(37(42)60)47-23(2)54/h26-29,31-46,51-53,58-63H,5-22H2,1-4H3,(H,47,54)(H,48,55)(H,49,56)(H,50,57)(H,64,65,66)/t26-,27-,28-,29-,31-,32-,33-,34+,35-,36?,37?,38?,39?,40-,41-,42-,43?,44+,45+,46+/m1/s1. The van der Waals surface area contributed by atoms with E-state index in [9.17, 15) is 78.1 Å². The molecule has 0 aliphatic carbocycles. The van der Waals surface area contributed by atoms with Gasteiger partial charge in [0.2, 0.25) is 23.6 Å². The second-order valence-corrected chi connectivity index (χ2v) is 20.6. The molecule has 0 aromatic rings. The lowest BCUT2D eigenvalue weighted by Gasteiger charge is -2.51. The van der Waals surface area contributed by atoms with Crippen LogP contribution in [-0.4, -0.2) is 232 Å². The molecule has 28 nitrogen and oxygen atoms in total. The first kappa shape index (κ1) is 64.6. The van der Waals surface area contributed by atoms with Gasteiger partial charge in [0.05, 0.1) is 26.4 Å². The van der Waals surface area contributed by atoms with E-state index in [0.717, 1.165) is 52.9 Å². The summed E-state index contributed by atoms with van der Waals surface area (Å²) in [6, 6.07) is -6.57. The van der Waals surface area contributed by atoms with Crippen LogP contribution in [0.2, 0.25) is 0 Å². The number of rotatable bonds is 30. The van der Waals surface area contributed by atoms with E-state index in [4.69, 9.17) is 33.2 Å². The predicted octanol–water partition coefficient (Wildman–Crippen LogP) is -3.89. The number of carbonyl (C=O) groups excluding carboxylic acids is 4. The zero-order valence-electron chi connectivity index (χ0n) is 42.9. The van der Waals surface area contributed by atoms with Crippen molar-refractivity contribution in [2.45, 2.75) is 240 Å². The Morgan fingerprint density at radius 3 is 1.23 bits per heavy atom. The summed E-state index contributed by atoms with van der Waals surface area (Å²) in [6.45, 7) is 1.43. The molecular weight excluding hydrogens is 1020 g/mol. The molecule has 0 saturated carbocycles. The van der Waals surface area contributed by atoms with E-state index in [1.807, 2.05) is 0 Å². The molecule has 4 heterocycles. The quantitative estimate of drug-likeness (QED) is 0.0242. The molecule has 4 fully saturated rings. The summed E-state index contributed by atoms with van der Waals surface area (Å²) >= 11 is 0. The van der Waals surface area contributed by atoms with Crippen molar-refractivity contribution in [1.29, 1.82) is 0 Å². The lowest BCUT2D eigenvalue weighted by molar-refractivity contribution is -0.361. The summed E-state index contributed by atoms with van der Waals surface area (Å²) in [6.07, 6.45) is -14.6. The minimum absolute atomic E-state index is 0.0409. The average Bonchev–Trinajstić information content (AvgIpc) is 3.34. The van der Waals surface area contributed by atoms with Crippen molar-refractivity contribution in [3.8, 4) is 0 Å². The highest BCUT2D eigenvalue weighted by Crippen LogP contribution is 2.35. The van der Waals surface area contributed by atoms with Gasteiger partial charge in [0.15, 0.2) is 25.2 Å². The summed E-state index contributed by atoms with van der Waals surface area (Å²) in [5.74, 6) is -2.90. The second-order valence-electron chi connectivity index (χ2n) is 19.5. The zero-order chi connectivity index (χ0) is 55.6. The first-order valence-corrected chi connectivity index (χ1v) is 27.1. The molecule has 436 valence electrons. The van der Waals surface area contributed by atoms with Gasteiger partial charge in [-0.2, -0.15) is 8.42 Å². The summed E-state index contributed by atoms with van der Waals surface area (Å²) in [7, 11) is -5.15. The Bertz CT molecular complexity index is 1860. The molecule has 29 heteroatoms. The molecule has 4 rings (SSSR count). The third-order valence-electron chi connectivity index (χ3n) is 13.5. The van der Waals surface area contributed by atoms with Crippen LogP contribution in [-0.2, 0) is 66.9 Å². The van der Waals surface area contributed by atoms with Crippen LogP contribution >= 0.6 is 0 Å². The van der Waals surface area contributed by atoms with E-state index >= 15 is 0 Å². The molecule has 0 bridgehead atoms. The Morgan fingerprint density at radius 1 is 0.467 bits per heavy atom. The topological polar surface area (TPSA) is 427 Å². The fourth-order valence-corrected chi connectivity index (χ4v) is 9.94. The number of nitrogens with one attached hydrogen (secondary N) is 4. The van der Waals surface area contributed by atoms with Gasteiger partial charge in [-0.25, -0.2) is 4.18 Å². The number of aliphatic hydroxyl groups is 9. The third kappa shape index (κ3) is 19.5. The Labute approximate surface area is 436 Å². The first-order valence-electron chi connectivity index (χ1n) is 25.8. The number of unbranched alkanes of at least 4 members (excludes halogenated alkanes) is 12. The maximum Gasteiger partial charge on any atom is 0.397 e. The van der Waals surface area contributed by atoms with E-state index in [2.05, 4.69) is 32.4 Å². The van der Waals surface area contributed by atoms with Crippen LogP contribution in [0.15, 0.2) is 0 Å². The minimum atomic E-state index is -5.15. The van der Waals surface area contributed by atoms with Crippen LogP contribution in [0.5, 0.6) is 0 Å². The number of hydrogen-bond acceptors (Lipinski definition) is 23. The highest BCUT2D eigenvalue weighted by Gasteiger charge is 2.56. The maximum absolute atomic E-state index is 13.3. The van der Waals surface area contributed by atoms with E-state index in [-0.39, 0.29) is 6.42 Å². The van der Waals surface area contributed by atoms with E-state index < -0.39 is 183 Å². The van der Waals surface area contributed by atoms with Gasteiger partial charge in [0.25, 0.3) is 0 Å². The molecule has 4 saturated heterocycles. The van der Waals surface area contributed by atoms with Gasteiger partial charge in [-0.3, -0.25) is 23.7 Å². The van der Waals surface area contributed by atoms with Crippen LogP contribution < -0.4 is 21.3 Å². The zero-order valence-corrected chi connectivity index (χ0v) is 43.7. The molecule has 0 aromatic carbocycles. The monoisotopic (exact) mass is 1110 g/mol. The summed E-state index contributed by atoms with van der Waals surface area (Å²) in [5.41, 5.74) is 0. The van der Waals surface area contributed by atoms with Crippen molar-refractivity contribution in [3.63, 3.8) is 0 Å². The van der Waals surface area contributed by atoms with E-state index in [1.165, 1.54) is 44.9 Å². The molecule has 5 unspecified atom stereocenters. The average molecular weight is 1110 g/mol. The molecule has 14 N–H and O–H groups in total. The van der Waals surface area contributed by atoms with Crippen molar-refractivity contribution in [3.05, 3.63) is 0 Å². The summed E-state index contributed by atoms with van der Waals surface area (Å²) < 4.78 is 77.9. The molecular formula is C46H82N4O24S. The number of hydrogen-bond donors (Lipinski definition) is 14. The van der Waals surface area contributed by atoms with Crippen molar-refractivity contribution in [1.82, 2.24) is 21.3 Å². The Morgan fingerprint density at radius 2 is 0.827 bits per heavy atom. The van der Waals surface area contributed by atoms with Gasteiger partial charge in [-0.1, -0.05) is 84.0 Å². The molecule has 20 atom stereocenters. The smallest absolute Gasteiger partial charge is 0.394 e. The molecule has 75 heavy (non-hydrogen) atoms. The van der Waals surface area contributed by atoms with Crippen LogP contribution in [0.1, 0.15) is 118 Å². The molecule has 0 radical (unpaired) electrons. The van der Waals surface area contributed by atoms with Gasteiger partial charge in [-0.05, 0) is 6.42 Å². The third-order valence-corrected chi connectivity index (χ3v) is 13.9. The summed E-state index contributed by atoms with van der Waals surface area (Å²) in [4.78, 5) is 50.5. The minimum Gasteiger partial charge on any atom is -0.394 e. The lowest BCUT2D eigenvalue weighted by atomic mass is 9.93. The SMILES string of the molecule is CCCCCCCCCCCCCCCC(=O)N[C@@H]1C(O)[C@H](O)[C@@H](CO)O[C@H]1O[C@H]1C(O)[C@@H](NC(C)=O)[C@H](O[C@H]2C(O)[C@H](NC(C)=O)[C@H](O[C@H]3C(O)[C@@H](NC(C)=O)C(O)O[C@@H]3COS(=O)(=O)O)O[C@@H]2CO)O[C@@H]1CO. The Balaban J connectivity index is 1.49. The van der Waals surface area contributed by atoms with Gasteiger partial charge in [-0.15, -0.1) is 0 Å². The fourth-order valence-electron chi connectivity index (χ4n) is 9.64. The van der Waals surface area contributed by atoms with Crippen molar-refractivity contribution in [2.75, 3.05) is 26.4 Å². The van der Waals surface area contributed by atoms with Gasteiger partial charge in [0.1, 0.15) is 97.4 Å². The van der Waals surface area contributed by atoms with Crippen LogP contribution in [0.25, 0.3) is 0 Å². The highest BCUT2D eigenvalue weighted by atomic mass is 32.3. The molecule has 0 spiro atoms. The molecule has 0 aromatic heterocycles. The van der Waals surface area contributed by atoms with Crippen molar-refractivity contribution in [2.24, 2.45) is 0 Å². The molecule has 4 aliphatic rings. The van der Waals surface area contributed by atoms with Gasteiger partial charge < -0.3 is 100 Å².